The van der Waals surface area contributed by atoms with Crippen LogP contribution < -0.4 is 5.32 Å². The topological polar surface area (TPSA) is 35.8 Å². The van der Waals surface area contributed by atoms with Crippen LogP contribution in [0.4, 0.5) is 4.39 Å². The lowest BCUT2D eigenvalue weighted by Gasteiger charge is -2.13. The zero-order valence-corrected chi connectivity index (χ0v) is 10.6. The molecule has 2 nitrogen and oxygen atoms in total. The van der Waals surface area contributed by atoms with Crippen molar-refractivity contribution in [1.29, 1.82) is 5.26 Å². The molecule has 0 saturated heterocycles. The molecule has 1 aliphatic rings. The Bertz CT molecular complexity index is 449. The second kappa shape index (κ2) is 5.07. The molecule has 1 aliphatic carbocycles. The minimum absolute atomic E-state index is 0.285. The van der Waals surface area contributed by atoms with Gasteiger partial charge in [-0.1, -0.05) is 0 Å². The molecule has 4 heteroatoms. The smallest absolute Gasteiger partial charge is 0.123 e. The van der Waals surface area contributed by atoms with Crippen LogP contribution in [0.1, 0.15) is 24.0 Å². The maximum atomic E-state index is 13.1. The fourth-order valence-electron chi connectivity index (χ4n) is 1.84. The first-order valence-corrected chi connectivity index (χ1v) is 6.86. The first-order chi connectivity index (χ1) is 8.19. The lowest BCUT2D eigenvalue weighted by atomic mass is 10.1. The lowest BCUT2D eigenvalue weighted by molar-refractivity contribution is 0.617. The zero-order valence-electron chi connectivity index (χ0n) is 9.79. The molecule has 0 spiro atoms. The number of nitriles is 1. The van der Waals surface area contributed by atoms with E-state index in [9.17, 15) is 4.39 Å². The minimum atomic E-state index is -0.285. The van der Waals surface area contributed by atoms with Crippen LogP contribution in [0, 0.1) is 17.1 Å². The highest BCUT2D eigenvalue weighted by Crippen LogP contribution is 2.46. The van der Waals surface area contributed by atoms with Crippen LogP contribution in [-0.4, -0.2) is 17.5 Å². The highest BCUT2D eigenvalue weighted by Gasteiger charge is 2.41. The largest absolute Gasteiger partial charge is 0.311 e. The Morgan fingerprint density at radius 3 is 2.88 bits per heavy atom. The molecule has 0 radical (unpaired) electrons. The summed E-state index contributed by atoms with van der Waals surface area (Å²) in [7, 11) is 0. The molecule has 0 amide bonds. The molecule has 0 heterocycles. The summed E-state index contributed by atoms with van der Waals surface area (Å²) in [6, 6.07) is 6.38. The summed E-state index contributed by atoms with van der Waals surface area (Å²) in [5, 5.41) is 12.2. The summed E-state index contributed by atoms with van der Waals surface area (Å²) >= 11 is 1.88. The molecule has 0 unspecified atom stereocenters. The van der Waals surface area contributed by atoms with Gasteiger partial charge in [0.05, 0.1) is 11.6 Å². The van der Waals surface area contributed by atoms with Crippen molar-refractivity contribution in [3.05, 3.63) is 35.1 Å². The van der Waals surface area contributed by atoms with Crippen LogP contribution in [0.15, 0.2) is 18.2 Å². The van der Waals surface area contributed by atoms with Gasteiger partial charge in [-0.15, -0.1) is 0 Å². The number of nitrogens with zero attached hydrogens (tertiary/aromatic N) is 1. The summed E-state index contributed by atoms with van der Waals surface area (Å²) in [6.07, 6.45) is 4.61. The summed E-state index contributed by atoms with van der Waals surface area (Å²) in [4.78, 5) is 0. The van der Waals surface area contributed by atoms with E-state index in [0.29, 0.717) is 16.9 Å². The highest BCUT2D eigenvalue weighted by molar-refractivity contribution is 8.00. The van der Waals surface area contributed by atoms with E-state index >= 15 is 0 Å². The number of hydrogen-bond acceptors (Lipinski definition) is 3. The van der Waals surface area contributed by atoms with Gasteiger partial charge in [0.15, 0.2) is 0 Å². The van der Waals surface area contributed by atoms with Crippen LogP contribution in [-0.2, 0) is 6.54 Å². The van der Waals surface area contributed by atoms with Gasteiger partial charge in [-0.3, -0.25) is 0 Å². The van der Waals surface area contributed by atoms with Crippen molar-refractivity contribution in [2.45, 2.75) is 24.1 Å². The third-order valence-corrected chi connectivity index (χ3v) is 4.61. The molecule has 0 aliphatic heterocycles. The van der Waals surface area contributed by atoms with Crippen LogP contribution in [0.5, 0.6) is 0 Å². The van der Waals surface area contributed by atoms with Crippen molar-refractivity contribution in [3.8, 4) is 6.07 Å². The van der Waals surface area contributed by atoms with Crippen molar-refractivity contribution in [1.82, 2.24) is 5.32 Å². The molecule has 1 saturated carbocycles. The maximum Gasteiger partial charge on any atom is 0.123 e. The highest BCUT2D eigenvalue weighted by atomic mass is 32.2. The number of halogens is 1. The Labute approximate surface area is 105 Å². The number of hydrogen-bond donors (Lipinski definition) is 1. The molecule has 0 bridgehead atoms. The van der Waals surface area contributed by atoms with Crippen LogP contribution >= 0.6 is 11.8 Å². The predicted molar refractivity (Wildman–Crippen MR) is 68.3 cm³/mol. The molecule has 17 heavy (non-hydrogen) atoms. The monoisotopic (exact) mass is 250 g/mol. The van der Waals surface area contributed by atoms with Crippen LogP contribution in [0.25, 0.3) is 0 Å². The average molecular weight is 250 g/mol. The average Bonchev–Trinajstić information content (AvgIpc) is 3.10. The van der Waals surface area contributed by atoms with Gasteiger partial charge >= 0.3 is 0 Å². The molecule has 1 N–H and O–H groups in total. The second-order valence-electron chi connectivity index (χ2n) is 4.40. The fourth-order valence-corrected chi connectivity index (χ4v) is 2.59. The first-order valence-electron chi connectivity index (χ1n) is 5.63. The van der Waals surface area contributed by atoms with Crippen molar-refractivity contribution < 1.29 is 4.39 Å². The van der Waals surface area contributed by atoms with Gasteiger partial charge in [0, 0.05) is 17.8 Å². The Morgan fingerprint density at radius 2 is 2.29 bits per heavy atom. The normalized spacial score (nSPS) is 16.5. The molecule has 0 atom stereocenters. The Kier molecular flexibility index (Phi) is 3.70. The van der Waals surface area contributed by atoms with E-state index in [1.807, 2.05) is 11.8 Å². The van der Waals surface area contributed by atoms with Crippen molar-refractivity contribution in [3.63, 3.8) is 0 Å². The minimum Gasteiger partial charge on any atom is -0.311 e. The van der Waals surface area contributed by atoms with Gasteiger partial charge in [0.2, 0.25) is 0 Å². The van der Waals surface area contributed by atoms with Crippen LogP contribution in [0.3, 0.4) is 0 Å². The predicted octanol–water partition coefficient (Wildman–Crippen LogP) is 2.68. The van der Waals surface area contributed by atoms with Gasteiger partial charge in [-0.25, -0.2) is 4.39 Å². The van der Waals surface area contributed by atoms with E-state index < -0.39 is 0 Å². The van der Waals surface area contributed by atoms with Crippen LogP contribution in [0.2, 0.25) is 0 Å². The fraction of sp³-hybridized carbons (Fsp3) is 0.462. The summed E-state index contributed by atoms with van der Waals surface area (Å²) < 4.78 is 13.5. The van der Waals surface area contributed by atoms with E-state index in [0.717, 1.165) is 12.1 Å². The number of rotatable bonds is 5. The first kappa shape index (κ1) is 12.4. The third kappa shape index (κ3) is 2.99. The quantitative estimate of drug-likeness (QED) is 0.872. The number of benzene rings is 1. The molecule has 0 aromatic heterocycles. The van der Waals surface area contributed by atoms with Gasteiger partial charge < -0.3 is 5.32 Å². The molecule has 1 aromatic rings. The van der Waals surface area contributed by atoms with E-state index in [-0.39, 0.29) is 5.82 Å². The van der Waals surface area contributed by atoms with Gasteiger partial charge in [0.1, 0.15) is 5.82 Å². The van der Waals surface area contributed by atoms with E-state index in [1.54, 1.807) is 0 Å². The molecule has 90 valence electrons. The Morgan fingerprint density at radius 1 is 1.53 bits per heavy atom. The van der Waals surface area contributed by atoms with E-state index in [4.69, 9.17) is 5.26 Å². The number of thioether (sulfide) groups is 1. The maximum absolute atomic E-state index is 13.1. The lowest BCUT2D eigenvalue weighted by Crippen LogP contribution is -2.25. The summed E-state index contributed by atoms with van der Waals surface area (Å²) in [5.41, 5.74) is 1.29. The van der Waals surface area contributed by atoms with Crippen molar-refractivity contribution in [2.75, 3.05) is 12.8 Å². The van der Waals surface area contributed by atoms with Gasteiger partial charge in [0.25, 0.3) is 0 Å². The van der Waals surface area contributed by atoms with E-state index in [2.05, 4.69) is 17.6 Å². The summed E-state index contributed by atoms with van der Waals surface area (Å²) in [6.45, 7) is 1.48. The molecule has 1 aromatic carbocycles. The number of nitrogens with one attached hydrogen (secondary N) is 1. The molecular weight excluding hydrogens is 235 g/mol. The van der Waals surface area contributed by atoms with Gasteiger partial charge in [-0.2, -0.15) is 17.0 Å². The standard InChI is InChI=1S/C13H15FN2S/c1-17-13(4-5-13)9-16-8-11-6-12(14)3-2-10(11)7-15/h2-3,6,16H,4-5,8-9H2,1H3. The van der Waals surface area contributed by atoms with Crippen molar-refractivity contribution in [2.24, 2.45) is 0 Å². The molecule has 2 rings (SSSR count). The van der Waals surface area contributed by atoms with Crippen molar-refractivity contribution >= 4 is 11.8 Å². The Balaban J connectivity index is 1.94. The van der Waals surface area contributed by atoms with E-state index in [1.165, 1.54) is 31.0 Å². The SMILES string of the molecule is CSC1(CNCc2cc(F)ccc2C#N)CC1. The summed E-state index contributed by atoms with van der Waals surface area (Å²) in [5.74, 6) is -0.285. The third-order valence-electron chi connectivity index (χ3n) is 3.19. The zero-order chi connectivity index (χ0) is 12.3. The van der Waals surface area contributed by atoms with Gasteiger partial charge in [-0.05, 0) is 42.9 Å². The Hall–Kier alpha value is -1.05. The second-order valence-corrected chi connectivity index (χ2v) is 5.68. The molecular formula is C13H15FN2S. The molecule has 1 fully saturated rings.